The maximum absolute atomic E-state index is 9.67. The largest absolute Gasteiger partial charge is 3.00 e. The summed E-state index contributed by atoms with van der Waals surface area (Å²) in [4.78, 5) is 1.50. The number of anilines is 1. The average Bonchev–Trinajstić information content (AvgIpc) is 2.93. The first-order valence-electron chi connectivity index (χ1n) is 11.0. The third-order valence-corrected chi connectivity index (χ3v) is 4.96. The van der Waals surface area contributed by atoms with Gasteiger partial charge < -0.3 is 37.2 Å². The third-order valence-electron chi connectivity index (χ3n) is 4.96. The molecule has 2 heterocycles. The number of nitrogens with one attached hydrogen (secondary N) is 1. The number of fused-ring (bicyclic) bond motifs is 3. The maximum atomic E-state index is 9.67. The Bertz CT molecular complexity index is 1460. The van der Waals surface area contributed by atoms with Crippen molar-refractivity contribution in [1.82, 2.24) is 0 Å². The van der Waals surface area contributed by atoms with Gasteiger partial charge in [0.1, 0.15) is 5.75 Å². The quantitative estimate of drug-likeness (QED) is 0.0869. The Balaban J connectivity index is 0.000000246. The van der Waals surface area contributed by atoms with Crippen molar-refractivity contribution in [2.75, 3.05) is 5.32 Å². The predicted octanol–water partition coefficient (Wildman–Crippen LogP) is 6.32. The minimum Gasteiger partial charge on any atom is -0.665 e. The van der Waals surface area contributed by atoms with Crippen molar-refractivity contribution in [1.29, 1.82) is 0 Å². The number of nitrogens with zero attached hydrogens (tertiary/aromatic N) is 7. The van der Waals surface area contributed by atoms with E-state index in [9.17, 15) is 10.2 Å². The van der Waals surface area contributed by atoms with E-state index < -0.39 is 0 Å². The number of amidine groups is 1. The molecule has 3 N–H and O–H groups in total. The van der Waals surface area contributed by atoms with Crippen LogP contribution in [-0.2, 0) is 16.8 Å². The molecule has 192 valence electrons. The molecule has 0 unspecified atom stereocenters. The molecule has 0 radical (unpaired) electrons. The molecule has 0 fully saturated rings. The zero-order valence-electron chi connectivity index (χ0n) is 20.2. The number of hydrogen-bond donors (Lipinski definition) is 3. The number of aromatic hydroxyl groups is 1. The van der Waals surface area contributed by atoms with Gasteiger partial charge in [-0.05, 0) is 41.6 Å². The van der Waals surface area contributed by atoms with Crippen molar-refractivity contribution in [2.45, 2.75) is 6.92 Å². The molecule has 2 aliphatic rings. The standard InChI is InChI=1S/C15H15N3O2.C12H8N2.Co.N3/c1-11(13-9-5-6-10-14(13)19)17-18-15(20)16-12-7-3-2-4-8-12;1-3-9-5-6-10-4-2-8-14-12(10)11(9)13-7-1;;1-3-2/h2-10,19H,1H3,(H2,16,18,20);1-8H;;/q;-2;+3;-1. The molecule has 3 aromatic rings. The van der Waals surface area contributed by atoms with Crippen molar-refractivity contribution in [3.8, 4) is 5.75 Å². The minimum atomic E-state index is -0.314. The Morgan fingerprint density at radius 1 is 0.816 bits per heavy atom. The predicted molar refractivity (Wildman–Crippen MR) is 149 cm³/mol. The van der Waals surface area contributed by atoms with Gasteiger partial charge in [0, 0.05) is 11.3 Å². The van der Waals surface area contributed by atoms with Crippen molar-refractivity contribution < 1.29 is 27.0 Å². The SMILES string of the molecule is C1=C[N-]c2c3c(ccc2=C1)=CC=C[N-]3.CC(=NN=C(O)Nc1ccccc1)c1ccccc1O.[Co+3].[N-]=[N+]=[N-]. The van der Waals surface area contributed by atoms with Crippen LogP contribution in [0.4, 0.5) is 17.1 Å². The Morgan fingerprint density at radius 3 is 1.89 bits per heavy atom. The normalized spacial score (nSPS) is 12.3. The molecule has 3 aromatic carbocycles. The Kier molecular flexibility index (Phi) is 11.7. The van der Waals surface area contributed by atoms with E-state index in [2.05, 4.69) is 50.4 Å². The van der Waals surface area contributed by atoms with Gasteiger partial charge in [0.25, 0.3) is 0 Å². The number of para-hydroxylation sites is 2. The molecule has 10 nitrogen and oxygen atoms in total. The van der Waals surface area contributed by atoms with Crippen LogP contribution in [0.3, 0.4) is 0 Å². The molecule has 0 bridgehead atoms. The number of aliphatic hydroxyl groups excluding tert-OH is 1. The van der Waals surface area contributed by atoms with Crippen LogP contribution in [0, 0.1) is 0 Å². The molecule has 0 saturated heterocycles. The van der Waals surface area contributed by atoms with Crippen LogP contribution in [0.1, 0.15) is 12.5 Å². The number of phenolic OH excluding ortho intramolecular Hbond substituents is 1. The molecule has 0 aromatic heterocycles. The number of rotatable bonds is 3. The van der Waals surface area contributed by atoms with Gasteiger partial charge in [0.15, 0.2) is 0 Å². The molecule has 11 heteroatoms. The van der Waals surface area contributed by atoms with Crippen LogP contribution in [0.25, 0.3) is 38.8 Å². The van der Waals surface area contributed by atoms with E-state index in [0.717, 1.165) is 21.8 Å². The van der Waals surface area contributed by atoms with Gasteiger partial charge in [0.2, 0.25) is 0 Å². The summed E-state index contributed by atoms with van der Waals surface area (Å²) in [5.41, 5.74) is 17.2. The van der Waals surface area contributed by atoms with Gasteiger partial charge in [-0.2, -0.15) is 17.5 Å². The van der Waals surface area contributed by atoms with Gasteiger partial charge in [-0.15, -0.1) is 11.4 Å². The molecule has 0 spiro atoms. The van der Waals surface area contributed by atoms with Crippen LogP contribution in [0.2, 0.25) is 0 Å². The van der Waals surface area contributed by atoms with Crippen LogP contribution < -0.4 is 15.8 Å². The molecule has 0 amide bonds. The molecular weight excluding hydrogens is 527 g/mol. The van der Waals surface area contributed by atoms with E-state index >= 15 is 0 Å². The Labute approximate surface area is 229 Å². The zero-order valence-corrected chi connectivity index (χ0v) is 21.2. The molecule has 5 rings (SSSR count). The van der Waals surface area contributed by atoms with Gasteiger partial charge in [0.05, 0.1) is 5.71 Å². The topological polar surface area (TPSA) is 164 Å². The first-order valence-corrected chi connectivity index (χ1v) is 11.0. The van der Waals surface area contributed by atoms with Crippen molar-refractivity contribution in [3.05, 3.63) is 134 Å². The van der Waals surface area contributed by atoms with Crippen LogP contribution >= 0.6 is 0 Å². The van der Waals surface area contributed by atoms with Gasteiger partial charge in [-0.25, -0.2) is 0 Å². The van der Waals surface area contributed by atoms with Crippen molar-refractivity contribution in [3.63, 3.8) is 0 Å². The number of hydrogen-bond acceptors (Lipinski definition) is 3. The molecule has 2 aliphatic heterocycles. The second-order valence-corrected chi connectivity index (χ2v) is 7.42. The number of benzene rings is 3. The fourth-order valence-corrected chi connectivity index (χ4v) is 3.31. The first-order chi connectivity index (χ1) is 18.0. The van der Waals surface area contributed by atoms with Gasteiger partial charge in [-0.3, -0.25) is 4.91 Å². The van der Waals surface area contributed by atoms with Crippen LogP contribution in [0.5, 0.6) is 5.75 Å². The smallest absolute Gasteiger partial charge is 0.665 e. The monoisotopic (exact) mass is 550 g/mol. The summed E-state index contributed by atoms with van der Waals surface area (Å²) >= 11 is 0. The summed E-state index contributed by atoms with van der Waals surface area (Å²) in [5.74, 6) is 0.124. The van der Waals surface area contributed by atoms with E-state index in [0.29, 0.717) is 17.0 Å². The van der Waals surface area contributed by atoms with E-state index in [1.54, 1.807) is 55.7 Å². The van der Waals surface area contributed by atoms with Crippen LogP contribution in [0.15, 0.2) is 101 Å². The number of aliphatic hydroxyl groups is 1. The van der Waals surface area contributed by atoms with E-state index in [4.69, 9.17) is 11.1 Å². The zero-order chi connectivity index (χ0) is 26.5. The summed E-state index contributed by atoms with van der Waals surface area (Å²) < 4.78 is 0. The summed E-state index contributed by atoms with van der Waals surface area (Å²) in [5, 5.41) is 40.5. The van der Waals surface area contributed by atoms with E-state index in [1.807, 2.05) is 30.4 Å². The van der Waals surface area contributed by atoms with E-state index in [-0.39, 0.29) is 28.5 Å². The second-order valence-electron chi connectivity index (χ2n) is 7.42. The van der Waals surface area contributed by atoms with Crippen molar-refractivity contribution >= 4 is 40.9 Å². The second kappa shape index (κ2) is 15.2. The summed E-state index contributed by atoms with van der Waals surface area (Å²) in [6.45, 7) is 1.70. The molecule has 38 heavy (non-hydrogen) atoms. The average molecular weight is 550 g/mol. The molecule has 0 atom stereocenters. The maximum Gasteiger partial charge on any atom is 3.00 e. The van der Waals surface area contributed by atoms with Gasteiger partial charge >= 0.3 is 22.8 Å². The number of allylic oxidation sites excluding steroid dienone is 2. The fraction of sp³-hybridized carbons (Fsp3) is 0.0370. The summed E-state index contributed by atoms with van der Waals surface area (Å²) in [7, 11) is 0. The molecule has 0 saturated carbocycles. The Hall–Kier alpha value is -4.96. The summed E-state index contributed by atoms with van der Waals surface area (Å²) in [6.07, 6.45) is 11.6. The van der Waals surface area contributed by atoms with Crippen LogP contribution in [-0.4, -0.2) is 21.9 Å². The third kappa shape index (κ3) is 8.31. The Morgan fingerprint density at radius 2 is 1.34 bits per heavy atom. The van der Waals surface area contributed by atoms with Gasteiger partial charge in [-0.1, -0.05) is 71.9 Å². The van der Waals surface area contributed by atoms with Crippen molar-refractivity contribution in [2.24, 2.45) is 10.2 Å². The molecule has 0 aliphatic carbocycles. The number of phenols is 1. The first kappa shape index (κ1) is 29.3. The molecular formula is C27H23CoN8O2. The van der Waals surface area contributed by atoms with E-state index in [1.165, 1.54) is 4.91 Å². The fourth-order valence-electron chi connectivity index (χ4n) is 3.31. The minimum absolute atomic E-state index is 0. The summed E-state index contributed by atoms with van der Waals surface area (Å²) in [6, 6.07) is 19.8.